The summed E-state index contributed by atoms with van der Waals surface area (Å²) in [5.74, 6) is -0.102. The Balaban J connectivity index is 2.15. The fourth-order valence-corrected chi connectivity index (χ4v) is 2.20. The highest BCUT2D eigenvalue weighted by molar-refractivity contribution is 9.10. The molecule has 0 atom stereocenters. The largest absolute Gasteiger partial charge is 0.455 e. The van der Waals surface area contributed by atoms with E-state index < -0.39 is 11.6 Å². The van der Waals surface area contributed by atoms with Gasteiger partial charge in [0.25, 0.3) is 0 Å². The lowest BCUT2D eigenvalue weighted by Crippen LogP contribution is -2.25. The Labute approximate surface area is 143 Å². The number of nitrogens with two attached hydrogens (primary N) is 1. The lowest BCUT2D eigenvalue weighted by atomic mass is 10.2. The summed E-state index contributed by atoms with van der Waals surface area (Å²) in [6, 6.07) is 9.85. The van der Waals surface area contributed by atoms with Gasteiger partial charge in [0, 0.05) is 6.54 Å². The quantitative estimate of drug-likeness (QED) is 0.792. The fourth-order valence-electron chi connectivity index (χ4n) is 1.80. The molecular weight excluding hydrogens is 360 g/mol. The molecule has 7 heteroatoms. The molecule has 0 aliphatic carbocycles. The number of nitrogen functional groups attached to an aromatic ring is 1. The highest BCUT2D eigenvalue weighted by Gasteiger charge is 2.23. The molecular formula is C16H19BrN4O2. The molecule has 23 heavy (non-hydrogen) atoms. The van der Waals surface area contributed by atoms with Gasteiger partial charge in [-0.25, -0.2) is 14.8 Å². The fraction of sp³-hybridized carbons (Fsp3) is 0.312. The molecule has 3 N–H and O–H groups in total. The van der Waals surface area contributed by atoms with Crippen molar-refractivity contribution in [1.82, 2.24) is 9.97 Å². The van der Waals surface area contributed by atoms with Gasteiger partial charge in [0.2, 0.25) is 0 Å². The molecule has 0 saturated carbocycles. The summed E-state index contributed by atoms with van der Waals surface area (Å²) in [5.41, 5.74) is 6.31. The van der Waals surface area contributed by atoms with E-state index in [9.17, 15) is 4.79 Å². The van der Waals surface area contributed by atoms with E-state index in [0.717, 1.165) is 5.56 Å². The highest BCUT2D eigenvalue weighted by Crippen LogP contribution is 2.23. The third-order valence-corrected chi connectivity index (χ3v) is 3.33. The van der Waals surface area contributed by atoms with E-state index in [1.807, 2.05) is 30.3 Å². The number of aromatic nitrogens is 2. The first-order chi connectivity index (χ1) is 10.8. The van der Waals surface area contributed by atoms with E-state index in [4.69, 9.17) is 10.5 Å². The average Bonchev–Trinajstić information content (AvgIpc) is 2.47. The van der Waals surface area contributed by atoms with Crippen LogP contribution in [0.5, 0.6) is 0 Å². The molecule has 0 aliphatic heterocycles. The molecule has 1 aromatic carbocycles. The van der Waals surface area contributed by atoms with Crippen LogP contribution >= 0.6 is 15.9 Å². The Morgan fingerprint density at radius 3 is 2.52 bits per heavy atom. The van der Waals surface area contributed by atoms with E-state index >= 15 is 0 Å². The third-order valence-electron chi connectivity index (χ3n) is 2.78. The van der Waals surface area contributed by atoms with Crippen LogP contribution in [-0.2, 0) is 11.3 Å². The zero-order valence-corrected chi connectivity index (χ0v) is 14.8. The molecule has 6 nitrogen and oxygen atoms in total. The summed E-state index contributed by atoms with van der Waals surface area (Å²) >= 11 is 3.30. The minimum atomic E-state index is -0.623. The summed E-state index contributed by atoms with van der Waals surface area (Å²) < 4.78 is 5.67. The van der Waals surface area contributed by atoms with Crippen LogP contribution in [0.4, 0.5) is 11.6 Å². The first-order valence-corrected chi connectivity index (χ1v) is 7.90. The number of anilines is 2. The second kappa shape index (κ2) is 6.95. The summed E-state index contributed by atoms with van der Waals surface area (Å²) in [7, 11) is 0. The predicted molar refractivity (Wildman–Crippen MR) is 93.1 cm³/mol. The van der Waals surface area contributed by atoms with Crippen molar-refractivity contribution in [3.05, 3.63) is 46.2 Å². The van der Waals surface area contributed by atoms with Crippen molar-refractivity contribution in [1.29, 1.82) is 0 Å². The van der Waals surface area contributed by atoms with Crippen molar-refractivity contribution in [3.8, 4) is 0 Å². The number of halogens is 1. The van der Waals surface area contributed by atoms with Crippen LogP contribution in [-0.4, -0.2) is 21.5 Å². The zero-order valence-electron chi connectivity index (χ0n) is 13.3. The van der Waals surface area contributed by atoms with Gasteiger partial charge in [-0.15, -0.1) is 0 Å². The Morgan fingerprint density at radius 1 is 1.26 bits per heavy atom. The normalized spacial score (nSPS) is 11.1. The van der Waals surface area contributed by atoms with Gasteiger partial charge < -0.3 is 15.8 Å². The molecule has 2 rings (SSSR count). The van der Waals surface area contributed by atoms with E-state index in [-0.39, 0.29) is 11.5 Å². The Kier molecular flexibility index (Phi) is 5.20. The monoisotopic (exact) mass is 378 g/mol. The lowest BCUT2D eigenvalue weighted by Gasteiger charge is -2.19. The average molecular weight is 379 g/mol. The second-order valence-corrected chi connectivity index (χ2v) is 6.69. The first-order valence-electron chi connectivity index (χ1n) is 7.10. The van der Waals surface area contributed by atoms with Crippen LogP contribution < -0.4 is 11.1 Å². The van der Waals surface area contributed by atoms with Crippen molar-refractivity contribution in [2.45, 2.75) is 32.9 Å². The van der Waals surface area contributed by atoms with Crippen molar-refractivity contribution >= 4 is 33.5 Å². The van der Waals surface area contributed by atoms with Crippen LogP contribution in [0.3, 0.4) is 0 Å². The lowest BCUT2D eigenvalue weighted by molar-refractivity contribution is 0.00636. The second-order valence-electron chi connectivity index (χ2n) is 5.94. The number of benzene rings is 1. The topological polar surface area (TPSA) is 90.1 Å². The van der Waals surface area contributed by atoms with E-state index in [0.29, 0.717) is 17.0 Å². The van der Waals surface area contributed by atoms with Crippen LogP contribution in [0.2, 0.25) is 0 Å². The summed E-state index contributed by atoms with van der Waals surface area (Å²) in [6.07, 6.45) is 0. The molecule has 0 bridgehead atoms. The number of hydrogen-bond donors (Lipinski definition) is 2. The molecule has 1 aromatic heterocycles. The van der Waals surface area contributed by atoms with Crippen molar-refractivity contribution in [2.24, 2.45) is 0 Å². The molecule has 122 valence electrons. The molecule has 0 spiro atoms. The van der Waals surface area contributed by atoms with Gasteiger partial charge in [-0.1, -0.05) is 30.3 Å². The zero-order chi connectivity index (χ0) is 17.0. The highest BCUT2D eigenvalue weighted by atomic mass is 79.9. The van der Waals surface area contributed by atoms with E-state index in [2.05, 4.69) is 31.2 Å². The number of esters is 1. The van der Waals surface area contributed by atoms with Crippen molar-refractivity contribution < 1.29 is 9.53 Å². The van der Waals surface area contributed by atoms with Gasteiger partial charge in [0.1, 0.15) is 10.2 Å². The maximum absolute atomic E-state index is 12.1. The molecule has 0 aliphatic rings. The Bertz CT molecular complexity index is 699. The Morgan fingerprint density at radius 2 is 1.91 bits per heavy atom. The number of hydrogen-bond acceptors (Lipinski definition) is 6. The SMILES string of the molecule is CC(C)(C)OC(=O)c1nc(Br)c(NCc2ccccc2)nc1N. The summed E-state index contributed by atoms with van der Waals surface area (Å²) in [4.78, 5) is 20.4. The van der Waals surface area contributed by atoms with Crippen molar-refractivity contribution in [2.75, 3.05) is 11.1 Å². The summed E-state index contributed by atoms with van der Waals surface area (Å²) in [5, 5.41) is 3.13. The molecule has 0 amide bonds. The number of nitrogens with zero attached hydrogens (tertiary/aromatic N) is 2. The number of nitrogens with one attached hydrogen (secondary N) is 1. The number of carbonyl (C=O) groups excluding carboxylic acids is 1. The van der Waals surface area contributed by atoms with Crippen LogP contribution in [0.15, 0.2) is 34.9 Å². The molecule has 2 aromatic rings. The number of rotatable bonds is 4. The van der Waals surface area contributed by atoms with Gasteiger partial charge >= 0.3 is 5.97 Å². The van der Waals surface area contributed by atoms with Gasteiger partial charge in [-0.05, 0) is 42.3 Å². The van der Waals surface area contributed by atoms with Gasteiger partial charge in [0.15, 0.2) is 17.3 Å². The molecule has 0 unspecified atom stereocenters. The molecule has 0 fully saturated rings. The van der Waals surface area contributed by atoms with Crippen LogP contribution in [0.25, 0.3) is 0 Å². The van der Waals surface area contributed by atoms with Gasteiger partial charge in [-0.3, -0.25) is 0 Å². The summed E-state index contributed by atoms with van der Waals surface area (Å²) in [6.45, 7) is 5.90. The number of ether oxygens (including phenoxy) is 1. The number of carbonyl (C=O) groups is 1. The molecule has 0 radical (unpaired) electrons. The van der Waals surface area contributed by atoms with Gasteiger partial charge in [-0.2, -0.15) is 0 Å². The smallest absolute Gasteiger partial charge is 0.361 e. The minimum Gasteiger partial charge on any atom is -0.455 e. The Hall–Kier alpha value is -2.15. The predicted octanol–water partition coefficient (Wildman–Crippen LogP) is 3.39. The molecule has 0 saturated heterocycles. The minimum absolute atomic E-state index is 0.00272. The van der Waals surface area contributed by atoms with Crippen LogP contribution in [0, 0.1) is 0 Å². The maximum Gasteiger partial charge on any atom is 0.361 e. The van der Waals surface area contributed by atoms with Crippen molar-refractivity contribution in [3.63, 3.8) is 0 Å². The first kappa shape index (κ1) is 17.2. The van der Waals surface area contributed by atoms with Gasteiger partial charge in [0.05, 0.1) is 0 Å². The standard InChI is InChI=1S/C16H19BrN4O2/c1-16(2,3)23-15(22)11-13(18)21-14(12(17)20-11)19-9-10-7-5-4-6-8-10/h4-8H,9H2,1-3H3,(H3,18,19,21). The van der Waals surface area contributed by atoms with E-state index in [1.165, 1.54) is 0 Å². The van der Waals surface area contributed by atoms with Crippen LogP contribution in [0.1, 0.15) is 36.8 Å². The maximum atomic E-state index is 12.1. The van der Waals surface area contributed by atoms with E-state index in [1.54, 1.807) is 20.8 Å². The third kappa shape index (κ3) is 4.92. The molecule has 1 heterocycles.